The zero-order chi connectivity index (χ0) is 18.8. The number of carbonyl (C=O) groups excluding carboxylic acids is 1. The molecule has 0 saturated carbocycles. The summed E-state index contributed by atoms with van der Waals surface area (Å²) >= 11 is 12.0. The largest absolute Gasteiger partial charge is 0.346 e. The Balaban J connectivity index is 2.28. The van der Waals surface area contributed by atoms with Gasteiger partial charge in [-0.3, -0.25) is 4.79 Å². The lowest BCUT2D eigenvalue weighted by Gasteiger charge is -2.16. The molecule has 2 aromatic carbocycles. The van der Waals surface area contributed by atoms with E-state index in [9.17, 15) is 13.2 Å². The Morgan fingerprint density at radius 2 is 1.80 bits per heavy atom. The minimum Gasteiger partial charge on any atom is -0.346 e. The summed E-state index contributed by atoms with van der Waals surface area (Å²) in [5, 5.41) is 3.45. The summed E-state index contributed by atoms with van der Waals surface area (Å²) < 4.78 is 25.7. The third-order valence-electron chi connectivity index (χ3n) is 3.65. The van der Waals surface area contributed by atoms with Crippen molar-refractivity contribution in [3.8, 4) is 0 Å². The number of rotatable bonds is 5. The van der Waals surface area contributed by atoms with E-state index in [0.29, 0.717) is 5.02 Å². The Morgan fingerprint density at radius 1 is 1.12 bits per heavy atom. The molecule has 0 heterocycles. The van der Waals surface area contributed by atoms with Crippen LogP contribution in [0.4, 0.5) is 0 Å². The summed E-state index contributed by atoms with van der Waals surface area (Å²) in [6.07, 6.45) is 0. The molecule has 8 heteroatoms. The van der Waals surface area contributed by atoms with Crippen LogP contribution >= 0.6 is 23.2 Å². The van der Waals surface area contributed by atoms with Gasteiger partial charge in [-0.25, -0.2) is 12.7 Å². The maximum Gasteiger partial charge on any atom is 0.251 e. The molecule has 5 nitrogen and oxygen atoms in total. The molecule has 1 amide bonds. The molecule has 25 heavy (non-hydrogen) atoms. The second-order valence-corrected chi connectivity index (χ2v) is 8.65. The Kier molecular flexibility index (Phi) is 6.11. The molecule has 0 saturated heterocycles. The van der Waals surface area contributed by atoms with E-state index in [1.54, 1.807) is 18.2 Å². The van der Waals surface area contributed by atoms with Crippen molar-refractivity contribution in [1.82, 2.24) is 9.62 Å². The van der Waals surface area contributed by atoms with Gasteiger partial charge in [0.05, 0.1) is 11.1 Å². The molecule has 0 spiro atoms. The van der Waals surface area contributed by atoms with Crippen molar-refractivity contribution in [3.63, 3.8) is 0 Å². The van der Waals surface area contributed by atoms with Crippen LogP contribution in [0, 0.1) is 0 Å². The van der Waals surface area contributed by atoms with Gasteiger partial charge < -0.3 is 5.32 Å². The Labute approximate surface area is 157 Å². The molecular weight excluding hydrogens is 383 g/mol. The molecule has 0 unspecified atom stereocenters. The molecule has 0 aliphatic rings. The van der Waals surface area contributed by atoms with Gasteiger partial charge in [0.1, 0.15) is 4.90 Å². The Hall–Kier alpha value is -1.60. The number of nitrogens with one attached hydrogen (secondary N) is 1. The number of carbonyl (C=O) groups is 1. The van der Waals surface area contributed by atoms with Crippen molar-refractivity contribution in [2.24, 2.45) is 0 Å². The van der Waals surface area contributed by atoms with Crippen LogP contribution < -0.4 is 5.32 Å². The number of sulfonamides is 1. The van der Waals surface area contributed by atoms with E-state index in [1.165, 1.54) is 32.3 Å². The van der Waals surface area contributed by atoms with Crippen LogP contribution in [0.2, 0.25) is 10.0 Å². The first-order valence-corrected chi connectivity index (χ1v) is 9.61. The van der Waals surface area contributed by atoms with Crippen molar-refractivity contribution in [2.45, 2.75) is 17.9 Å². The number of benzene rings is 2. The van der Waals surface area contributed by atoms with Crippen LogP contribution in [0.25, 0.3) is 0 Å². The fourth-order valence-electron chi connectivity index (χ4n) is 2.18. The van der Waals surface area contributed by atoms with Gasteiger partial charge >= 0.3 is 0 Å². The van der Waals surface area contributed by atoms with Crippen LogP contribution in [-0.4, -0.2) is 32.7 Å². The van der Waals surface area contributed by atoms with Crippen LogP contribution in [0.3, 0.4) is 0 Å². The molecule has 0 radical (unpaired) electrons. The van der Waals surface area contributed by atoms with Gasteiger partial charge in [0, 0.05) is 24.7 Å². The number of nitrogens with zero attached hydrogens (tertiary/aromatic N) is 1. The molecule has 0 aromatic heterocycles. The van der Waals surface area contributed by atoms with Gasteiger partial charge in [0.25, 0.3) is 5.91 Å². The van der Waals surface area contributed by atoms with Crippen LogP contribution in [0.1, 0.15) is 28.9 Å². The van der Waals surface area contributed by atoms with Gasteiger partial charge in [-0.05, 0) is 42.8 Å². The minimum atomic E-state index is -3.75. The molecule has 1 N–H and O–H groups in total. The first-order valence-electron chi connectivity index (χ1n) is 7.41. The first-order chi connectivity index (χ1) is 11.6. The van der Waals surface area contributed by atoms with Crippen molar-refractivity contribution in [2.75, 3.05) is 14.1 Å². The lowest BCUT2D eigenvalue weighted by Crippen LogP contribution is -2.27. The third kappa shape index (κ3) is 4.52. The molecule has 0 bridgehead atoms. The average Bonchev–Trinajstić information content (AvgIpc) is 2.54. The first kappa shape index (κ1) is 19.7. The zero-order valence-corrected chi connectivity index (χ0v) is 16.3. The minimum absolute atomic E-state index is 0.0631. The lowest BCUT2D eigenvalue weighted by atomic mass is 10.1. The second-order valence-electron chi connectivity index (χ2n) is 5.68. The van der Waals surface area contributed by atoms with Gasteiger partial charge in [-0.15, -0.1) is 0 Å². The molecule has 134 valence electrons. The maximum absolute atomic E-state index is 12.5. The smallest absolute Gasteiger partial charge is 0.251 e. The van der Waals surface area contributed by atoms with E-state index in [-0.39, 0.29) is 21.5 Å². The van der Waals surface area contributed by atoms with Crippen molar-refractivity contribution >= 4 is 39.1 Å². The maximum atomic E-state index is 12.5. The van der Waals surface area contributed by atoms with Crippen molar-refractivity contribution in [3.05, 3.63) is 63.6 Å². The molecule has 0 aliphatic heterocycles. The monoisotopic (exact) mass is 400 g/mol. The Morgan fingerprint density at radius 3 is 2.40 bits per heavy atom. The van der Waals surface area contributed by atoms with E-state index < -0.39 is 15.9 Å². The summed E-state index contributed by atoms with van der Waals surface area (Å²) in [4.78, 5) is 12.4. The summed E-state index contributed by atoms with van der Waals surface area (Å²) in [6.45, 7) is 1.82. The number of hydrogen-bond acceptors (Lipinski definition) is 3. The molecule has 0 aliphatic carbocycles. The Bertz CT molecular complexity index is 899. The van der Waals surface area contributed by atoms with Crippen LogP contribution in [-0.2, 0) is 10.0 Å². The molecule has 1 atom stereocenters. The molecule has 0 fully saturated rings. The van der Waals surface area contributed by atoms with Gasteiger partial charge in [-0.2, -0.15) is 0 Å². The number of hydrogen-bond donors (Lipinski definition) is 1. The van der Waals surface area contributed by atoms with E-state index in [4.69, 9.17) is 23.2 Å². The van der Waals surface area contributed by atoms with Crippen molar-refractivity contribution in [1.29, 1.82) is 0 Å². The number of amides is 1. The van der Waals surface area contributed by atoms with Crippen molar-refractivity contribution < 1.29 is 13.2 Å². The fraction of sp³-hybridized carbons (Fsp3) is 0.235. The van der Waals surface area contributed by atoms with Crippen LogP contribution in [0.15, 0.2) is 47.4 Å². The second kappa shape index (κ2) is 7.74. The van der Waals surface area contributed by atoms with E-state index >= 15 is 0 Å². The molecular formula is C17H18Cl2N2O3S. The highest BCUT2D eigenvalue weighted by atomic mass is 35.5. The molecule has 2 rings (SSSR count). The summed E-state index contributed by atoms with van der Waals surface area (Å²) in [7, 11) is -0.941. The highest BCUT2D eigenvalue weighted by Crippen LogP contribution is 2.25. The summed E-state index contributed by atoms with van der Waals surface area (Å²) in [6, 6.07) is 11.0. The zero-order valence-electron chi connectivity index (χ0n) is 14.0. The topological polar surface area (TPSA) is 66.5 Å². The normalized spacial score (nSPS) is 12.9. The predicted molar refractivity (Wildman–Crippen MR) is 99.7 cm³/mol. The highest BCUT2D eigenvalue weighted by Gasteiger charge is 2.23. The van der Waals surface area contributed by atoms with Gasteiger partial charge in [0.2, 0.25) is 10.0 Å². The standard InChI is InChI=1S/C17H18Cl2N2O3S/c1-11(12-5-4-6-14(18)9-12)20-17(22)13-7-8-15(19)16(10-13)25(23,24)21(2)3/h4-11H,1-3H3,(H,20,22)/t11-/m1/s1. The summed E-state index contributed by atoms with van der Waals surface area (Å²) in [5.74, 6) is -0.403. The van der Waals surface area contributed by atoms with Gasteiger partial charge in [-0.1, -0.05) is 35.3 Å². The van der Waals surface area contributed by atoms with Gasteiger partial charge in [0.15, 0.2) is 0 Å². The quantitative estimate of drug-likeness (QED) is 0.830. The predicted octanol–water partition coefficient (Wildman–Crippen LogP) is 3.73. The highest BCUT2D eigenvalue weighted by molar-refractivity contribution is 7.89. The third-order valence-corrected chi connectivity index (χ3v) is 6.18. The average molecular weight is 401 g/mol. The van der Waals surface area contributed by atoms with E-state index in [1.807, 2.05) is 13.0 Å². The summed E-state index contributed by atoms with van der Waals surface area (Å²) in [5.41, 5.74) is 1.05. The van der Waals surface area contributed by atoms with Crippen LogP contribution in [0.5, 0.6) is 0 Å². The lowest BCUT2D eigenvalue weighted by molar-refractivity contribution is 0.0939. The molecule has 2 aromatic rings. The fourth-order valence-corrected chi connectivity index (χ4v) is 3.77. The van der Waals surface area contributed by atoms with E-state index in [2.05, 4.69) is 5.32 Å². The number of halogens is 2. The SMILES string of the molecule is C[C@@H](NC(=O)c1ccc(Cl)c(S(=O)(=O)N(C)C)c1)c1cccc(Cl)c1. The van der Waals surface area contributed by atoms with E-state index in [0.717, 1.165) is 9.87 Å².